The quantitative estimate of drug-likeness (QED) is 0.184. The molecule has 0 saturated heterocycles. The smallest absolute Gasteiger partial charge is 0.397 e. The van der Waals surface area contributed by atoms with E-state index in [-0.39, 0.29) is 0 Å². The summed E-state index contributed by atoms with van der Waals surface area (Å²) >= 11 is 0. The van der Waals surface area contributed by atoms with E-state index in [0.29, 0.717) is 4.74 Å². The molecule has 0 radical (unpaired) electrons. The summed E-state index contributed by atoms with van der Waals surface area (Å²) in [4.78, 5) is 10.7. The Balaban J connectivity index is 4.00. The van der Waals surface area contributed by atoms with Crippen molar-refractivity contribution in [2.75, 3.05) is 7.05 Å². The van der Waals surface area contributed by atoms with Crippen LogP contribution in [0, 0.1) is 5.21 Å². The highest BCUT2D eigenvalue weighted by atomic mass is 16.6. The van der Waals surface area contributed by atoms with Crippen LogP contribution in [-0.2, 0) is 9.53 Å². The van der Waals surface area contributed by atoms with E-state index < -0.39 is 11.6 Å². The van der Waals surface area contributed by atoms with Gasteiger partial charge in [-0.15, -0.1) is 0 Å². The van der Waals surface area contributed by atoms with Gasteiger partial charge in [0.25, 0.3) is 6.21 Å². The number of hydrogen-bond donors (Lipinski definition) is 0. The van der Waals surface area contributed by atoms with Crippen LogP contribution in [-0.4, -0.2) is 29.6 Å². The predicted molar refractivity (Wildman–Crippen MR) is 41.5 cm³/mol. The minimum Gasteiger partial charge on any atom is -0.624 e. The lowest BCUT2D eigenvalue weighted by molar-refractivity contribution is -0.417. The number of carbonyl (C=O) groups is 1. The van der Waals surface area contributed by atoms with Crippen molar-refractivity contribution in [2.45, 2.75) is 26.4 Å². The van der Waals surface area contributed by atoms with Crippen LogP contribution in [0.1, 0.15) is 20.8 Å². The minimum absolute atomic E-state index is 0.411. The molecule has 0 aromatic rings. The summed E-state index contributed by atoms with van der Waals surface area (Å²) in [5.41, 5.74) is -0.538. The highest BCUT2D eigenvalue weighted by Crippen LogP contribution is 2.05. The van der Waals surface area contributed by atoms with Crippen LogP contribution in [0.2, 0.25) is 0 Å². The van der Waals surface area contributed by atoms with Crippen molar-refractivity contribution in [1.29, 1.82) is 0 Å². The van der Waals surface area contributed by atoms with Gasteiger partial charge in [0.1, 0.15) is 12.6 Å². The normalized spacial score (nSPS) is 12.9. The van der Waals surface area contributed by atoms with Crippen LogP contribution in [0.15, 0.2) is 0 Å². The standard InChI is InChI=1S/C7H13NO3/c1-7(2,3)11-6(9)5-8(4)10/h5H,1-4H3/b8-5+. The number of nitrogens with zero attached hydrogens (tertiary/aromatic N) is 1. The Kier molecular flexibility index (Phi) is 3.04. The van der Waals surface area contributed by atoms with Crippen molar-refractivity contribution < 1.29 is 14.3 Å². The monoisotopic (exact) mass is 159 g/mol. The molecule has 0 fully saturated rings. The third kappa shape index (κ3) is 6.83. The molecule has 0 aliphatic rings. The van der Waals surface area contributed by atoms with E-state index in [2.05, 4.69) is 0 Å². The summed E-state index contributed by atoms with van der Waals surface area (Å²) in [7, 11) is 1.23. The van der Waals surface area contributed by atoms with Gasteiger partial charge in [0.15, 0.2) is 0 Å². The van der Waals surface area contributed by atoms with Crippen molar-refractivity contribution in [2.24, 2.45) is 0 Å². The fourth-order valence-corrected chi connectivity index (χ4v) is 0.477. The average molecular weight is 159 g/mol. The molecule has 0 aliphatic heterocycles. The zero-order chi connectivity index (χ0) is 9.07. The van der Waals surface area contributed by atoms with Crippen molar-refractivity contribution in [3.05, 3.63) is 5.21 Å². The molecule has 0 heterocycles. The van der Waals surface area contributed by atoms with Crippen LogP contribution in [0.5, 0.6) is 0 Å². The van der Waals surface area contributed by atoms with Gasteiger partial charge >= 0.3 is 5.97 Å². The molecule has 0 spiro atoms. The van der Waals surface area contributed by atoms with Gasteiger partial charge in [-0.2, -0.15) is 0 Å². The highest BCUT2D eigenvalue weighted by molar-refractivity contribution is 6.21. The first kappa shape index (κ1) is 9.94. The number of hydroxylamine groups is 1. The van der Waals surface area contributed by atoms with Crippen molar-refractivity contribution >= 4 is 12.2 Å². The van der Waals surface area contributed by atoms with Crippen LogP contribution in [0.25, 0.3) is 0 Å². The second-order valence-corrected chi connectivity index (χ2v) is 3.21. The molecule has 0 rings (SSSR count). The SMILES string of the molecule is C/[N+]([O-])=C\C(=O)OC(C)(C)C. The second-order valence-electron chi connectivity index (χ2n) is 3.21. The summed E-state index contributed by atoms with van der Waals surface area (Å²) in [6.45, 7) is 5.22. The third-order valence-corrected chi connectivity index (χ3v) is 0.694. The van der Waals surface area contributed by atoms with Gasteiger partial charge in [0, 0.05) is 0 Å². The lowest BCUT2D eigenvalue weighted by atomic mass is 10.2. The summed E-state index contributed by atoms with van der Waals surface area (Å²) < 4.78 is 5.22. The molecule has 0 bridgehead atoms. The van der Waals surface area contributed by atoms with Gasteiger partial charge in [-0.1, -0.05) is 0 Å². The number of esters is 1. The Hall–Kier alpha value is -1.06. The molecule has 0 amide bonds. The van der Waals surface area contributed by atoms with Gasteiger partial charge < -0.3 is 9.94 Å². The number of rotatable bonds is 1. The number of ether oxygens (including phenoxy) is 1. The Morgan fingerprint density at radius 1 is 1.55 bits per heavy atom. The topological polar surface area (TPSA) is 52.4 Å². The maximum Gasteiger partial charge on any atom is 0.397 e. The Morgan fingerprint density at radius 2 is 2.00 bits per heavy atom. The molecule has 4 heteroatoms. The molecule has 0 aromatic heterocycles. The van der Waals surface area contributed by atoms with Crippen molar-refractivity contribution in [1.82, 2.24) is 0 Å². The third-order valence-electron chi connectivity index (χ3n) is 0.694. The van der Waals surface area contributed by atoms with Gasteiger partial charge in [-0.3, -0.25) is 0 Å². The lowest BCUT2D eigenvalue weighted by Crippen LogP contribution is -2.26. The molecule has 0 atom stereocenters. The molecule has 11 heavy (non-hydrogen) atoms. The minimum atomic E-state index is -0.616. The van der Waals surface area contributed by atoms with Crippen LogP contribution in [0.4, 0.5) is 0 Å². The van der Waals surface area contributed by atoms with Gasteiger partial charge in [-0.05, 0) is 20.8 Å². The van der Waals surface area contributed by atoms with Crippen molar-refractivity contribution in [3.8, 4) is 0 Å². The van der Waals surface area contributed by atoms with E-state index in [4.69, 9.17) is 4.74 Å². The largest absolute Gasteiger partial charge is 0.624 e. The van der Waals surface area contributed by atoms with Crippen LogP contribution >= 0.6 is 0 Å². The summed E-state index contributed by atoms with van der Waals surface area (Å²) in [6, 6.07) is 0. The fraction of sp³-hybridized carbons (Fsp3) is 0.714. The maximum absolute atomic E-state index is 10.7. The Labute approximate surface area is 66.1 Å². The first-order chi connectivity index (χ1) is 4.81. The number of hydrogen-bond acceptors (Lipinski definition) is 3. The molecule has 0 aliphatic carbocycles. The molecule has 4 nitrogen and oxygen atoms in total. The summed E-state index contributed by atoms with van der Waals surface area (Å²) in [5, 5.41) is 10.3. The zero-order valence-electron chi connectivity index (χ0n) is 7.25. The van der Waals surface area contributed by atoms with E-state index in [1.807, 2.05) is 0 Å². The maximum atomic E-state index is 10.7. The molecule has 64 valence electrons. The Morgan fingerprint density at radius 3 is 2.27 bits per heavy atom. The van der Waals surface area contributed by atoms with Crippen molar-refractivity contribution in [3.63, 3.8) is 0 Å². The van der Waals surface area contributed by atoms with Gasteiger partial charge in [0.05, 0.1) is 0 Å². The van der Waals surface area contributed by atoms with Crippen LogP contribution in [0.3, 0.4) is 0 Å². The average Bonchev–Trinajstić information content (AvgIpc) is 1.53. The fourth-order valence-electron chi connectivity index (χ4n) is 0.477. The molecular formula is C7H13NO3. The highest BCUT2D eigenvalue weighted by Gasteiger charge is 2.16. The van der Waals surface area contributed by atoms with E-state index in [0.717, 1.165) is 6.21 Å². The molecular weight excluding hydrogens is 146 g/mol. The van der Waals surface area contributed by atoms with Gasteiger partial charge in [-0.25, -0.2) is 9.53 Å². The zero-order valence-corrected chi connectivity index (χ0v) is 7.25. The Bertz CT molecular complexity index is 175. The lowest BCUT2D eigenvalue weighted by Gasteiger charge is -2.17. The van der Waals surface area contributed by atoms with E-state index in [1.54, 1.807) is 20.8 Å². The first-order valence-electron chi connectivity index (χ1n) is 3.29. The summed E-state index contributed by atoms with van der Waals surface area (Å²) in [6.07, 6.45) is 0.852. The molecule has 0 aromatic carbocycles. The van der Waals surface area contributed by atoms with E-state index in [9.17, 15) is 10.0 Å². The van der Waals surface area contributed by atoms with E-state index >= 15 is 0 Å². The first-order valence-corrected chi connectivity index (χ1v) is 3.29. The summed E-state index contributed by atoms with van der Waals surface area (Å²) in [5.74, 6) is -0.616. The number of carbonyl (C=O) groups excluding carboxylic acids is 1. The molecule has 0 saturated carbocycles. The van der Waals surface area contributed by atoms with Gasteiger partial charge in [0.2, 0.25) is 0 Å². The molecule has 0 N–H and O–H groups in total. The van der Waals surface area contributed by atoms with Crippen LogP contribution < -0.4 is 0 Å². The second kappa shape index (κ2) is 3.37. The van der Waals surface area contributed by atoms with E-state index in [1.165, 1.54) is 7.05 Å². The molecule has 0 unspecified atom stereocenters. The predicted octanol–water partition coefficient (Wildman–Crippen LogP) is 0.539.